The third-order valence-electron chi connectivity index (χ3n) is 5.66. The van der Waals surface area contributed by atoms with Crippen LogP contribution in [0.25, 0.3) is 10.9 Å². The van der Waals surface area contributed by atoms with Crippen molar-refractivity contribution in [2.45, 2.75) is 19.5 Å². The fourth-order valence-electron chi connectivity index (χ4n) is 4.34. The fraction of sp³-hybridized carbons (Fsp3) is 0.167. The van der Waals surface area contributed by atoms with Gasteiger partial charge in [0.1, 0.15) is 0 Å². The summed E-state index contributed by atoms with van der Waals surface area (Å²) in [5, 5.41) is 1.37. The summed E-state index contributed by atoms with van der Waals surface area (Å²) in [6.07, 6.45) is 0. The van der Waals surface area contributed by atoms with Crippen LogP contribution < -0.4 is 4.90 Å². The summed E-state index contributed by atoms with van der Waals surface area (Å²) in [5.41, 5.74) is 8.12. The molecule has 0 radical (unpaired) electrons. The quantitative estimate of drug-likeness (QED) is 0.462. The molecule has 1 aliphatic rings. The van der Waals surface area contributed by atoms with Crippen LogP contribution in [0.2, 0.25) is 0 Å². The van der Waals surface area contributed by atoms with E-state index in [-0.39, 0.29) is 6.04 Å². The number of rotatable bonds is 2. The first kappa shape index (κ1) is 15.3. The van der Waals surface area contributed by atoms with Crippen LogP contribution in [0.4, 0.5) is 5.69 Å². The average molecular weight is 338 g/mol. The molecule has 1 unspecified atom stereocenters. The van der Waals surface area contributed by atoms with Crippen molar-refractivity contribution in [1.82, 2.24) is 4.57 Å². The Morgan fingerprint density at radius 2 is 1.50 bits per heavy atom. The van der Waals surface area contributed by atoms with Crippen molar-refractivity contribution in [2.75, 3.05) is 4.90 Å². The standard InChI is InChI=1S/C24H22N2/c1-17-12-14-19(15-13-17)26-16-22-23(24(26)18-8-4-3-5-9-18)20-10-6-7-11-21(20)25(22)2/h3-15,24H,16H2,1-2H3. The van der Waals surface area contributed by atoms with Crippen molar-refractivity contribution in [1.29, 1.82) is 0 Å². The number of aromatic nitrogens is 1. The van der Waals surface area contributed by atoms with Gasteiger partial charge in [-0.05, 0) is 30.7 Å². The van der Waals surface area contributed by atoms with E-state index in [0.29, 0.717) is 0 Å². The maximum absolute atomic E-state index is 2.53. The molecule has 26 heavy (non-hydrogen) atoms. The first-order valence-electron chi connectivity index (χ1n) is 9.18. The summed E-state index contributed by atoms with van der Waals surface area (Å²) >= 11 is 0. The van der Waals surface area contributed by atoms with Crippen molar-refractivity contribution >= 4 is 16.6 Å². The second kappa shape index (κ2) is 5.77. The number of aryl methyl sites for hydroxylation is 2. The van der Waals surface area contributed by atoms with E-state index in [9.17, 15) is 0 Å². The first-order chi connectivity index (χ1) is 12.7. The minimum absolute atomic E-state index is 0.250. The average Bonchev–Trinajstić information content (AvgIpc) is 3.20. The predicted octanol–water partition coefficient (Wildman–Crippen LogP) is 5.60. The Bertz CT molecular complexity index is 1070. The highest BCUT2D eigenvalue weighted by molar-refractivity contribution is 5.88. The van der Waals surface area contributed by atoms with Gasteiger partial charge in [0, 0.05) is 34.9 Å². The van der Waals surface area contributed by atoms with Crippen LogP contribution in [-0.2, 0) is 13.6 Å². The fourth-order valence-corrected chi connectivity index (χ4v) is 4.34. The highest BCUT2D eigenvalue weighted by Crippen LogP contribution is 2.45. The second-order valence-corrected chi connectivity index (χ2v) is 7.21. The van der Waals surface area contributed by atoms with E-state index >= 15 is 0 Å². The summed E-state index contributed by atoms with van der Waals surface area (Å²) in [5.74, 6) is 0. The minimum atomic E-state index is 0.250. The summed E-state index contributed by atoms with van der Waals surface area (Å²) in [4.78, 5) is 2.53. The van der Waals surface area contributed by atoms with E-state index in [1.165, 1.54) is 39.0 Å². The Morgan fingerprint density at radius 1 is 0.808 bits per heavy atom. The van der Waals surface area contributed by atoms with Gasteiger partial charge < -0.3 is 9.47 Å². The predicted molar refractivity (Wildman–Crippen MR) is 109 cm³/mol. The lowest BCUT2D eigenvalue weighted by Gasteiger charge is -2.28. The topological polar surface area (TPSA) is 8.17 Å². The Hall–Kier alpha value is -3.00. The molecule has 4 aromatic rings. The Kier molecular flexibility index (Phi) is 3.39. The maximum Gasteiger partial charge on any atom is 0.0824 e. The van der Waals surface area contributed by atoms with Crippen molar-refractivity contribution in [3.8, 4) is 0 Å². The lowest BCUT2D eigenvalue weighted by Crippen LogP contribution is -2.23. The number of para-hydroxylation sites is 1. The molecule has 0 fully saturated rings. The van der Waals surface area contributed by atoms with Gasteiger partial charge >= 0.3 is 0 Å². The Morgan fingerprint density at radius 3 is 2.27 bits per heavy atom. The van der Waals surface area contributed by atoms with Crippen LogP contribution in [0.3, 0.4) is 0 Å². The number of benzene rings is 3. The largest absolute Gasteiger partial charge is 0.354 e. The molecule has 1 aliphatic heterocycles. The molecule has 0 bridgehead atoms. The van der Waals surface area contributed by atoms with Crippen LogP contribution in [0.1, 0.15) is 28.4 Å². The summed E-state index contributed by atoms with van der Waals surface area (Å²) in [6.45, 7) is 3.08. The zero-order chi connectivity index (χ0) is 17.7. The number of hydrogen-bond donors (Lipinski definition) is 0. The third-order valence-corrected chi connectivity index (χ3v) is 5.66. The van der Waals surface area contributed by atoms with Gasteiger partial charge in [0.25, 0.3) is 0 Å². The van der Waals surface area contributed by atoms with E-state index in [4.69, 9.17) is 0 Å². The number of fused-ring (bicyclic) bond motifs is 3. The SMILES string of the molecule is Cc1ccc(N2Cc3c(c4ccccc4n3C)C2c2ccccc2)cc1. The lowest BCUT2D eigenvalue weighted by molar-refractivity contribution is 0.755. The molecule has 1 aromatic heterocycles. The van der Waals surface area contributed by atoms with Gasteiger partial charge in [-0.25, -0.2) is 0 Å². The highest BCUT2D eigenvalue weighted by atomic mass is 15.2. The molecule has 2 nitrogen and oxygen atoms in total. The summed E-state index contributed by atoms with van der Waals surface area (Å²) in [6, 6.07) is 28.8. The normalized spacial score (nSPS) is 16.2. The van der Waals surface area contributed by atoms with Gasteiger partial charge in [-0.1, -0.05) is 66.2 Å². The van der Waals surface area contributed by atoms with Crippen LogP contribution in [0, 0.1) is 6.92 Å². The monoisotopic (exact) mass is 338 g/mol. The molecule has 2 heterocycles. The summed E-state index contributed by atoms with van der Waals surface area (Å²) < 4.78 is 2.37. The van der Waals surface area contributed by atoms with Gasteiger partial charge in [0.2, 0.25) is 0 Å². The minimum Gasteiger partial charge on any atom is -0.354 e. The molecule has 3 aromatic carbocycles. The molecule has 2 heteroatoms. The number of nitrogens with zero attached hydrogens (tertiary/aromatic N) is 2. The van der Waals surface area contributed by atoms with E-state index in [1.54, 1.807) is 0 Å². The van der Waals surface area contributed by atoms with Gasteiger partial charge in [0.15, 0.2) is 0 Å². The maximum atomic E-state index is 2.53. The molecule has 0 saturated carbocycles. The van der Waals surface area contributed by atoms with Crippen molar-refractivity contribution < 1.29 is 0 Å². The zero-order valence-electron chi connectivity index (χ0n) is 15.2. The molecule has 128 valence electrons. The smallest absolute Gasteiger partial charge is 0.0824 e. The molecule has 0 amide bonds. The lowest BCUT2D eigenvalue weighted by atomic mass is 9.97. The molecule has 0 spiro atoms. The van der Waals surface area contributed by atoms with Gasteiger partial charge in [-0.15, -0.1) is 0 Å². The molecule has 0 saturated heterocycles. The van der Waals surface area contributed by atoms with E-state index in [2.05, 4.69) is 102 Å². The first-order valence-corrected chi connectivity index (χ1v) is 9.18. The van der Waals surface area contributed by atoms with E-state index in [1.807, 2.05) is 0 Å². The molecular formula is C24H22N2. The van der Waals surface area contributed by atoms with E-state index in [0.717, 1.165) is 6.54 Å². The Labute approximate surface area is 154 Å². The van der Waals surface area contributed by atoms with Crippen molar-refractivity contribution in [3.63, 3.8) is 0 Å². The highest BCUT2D eigenvalue weighted by Gasteiger charge is 2.36. The van der Waals surface area contributed by atoms with Crippen LogP contribution in [0.15, 0.2) is 78.9 Å². The Balaban J connectivity index is 1.75. The molecule has 0 N–H and O–H groups in total. The van der Waals surface area contributed by atoms with Crippen LogP contribution in [-0.4, -0.2) is 4.57 Å². The number of anilines is 1. The van der Waals surface area contributed by atoms with Gasteiger partial charge in [0.05, 0.1) is 12.6 Å². The van der Waals surface area contributed by atoms with Gasteiger partial charge in [-0.2, -0.15) is 0 Å². The van der Waals surface area contributed by atoms with E-state index < -0.39 is 0 Å². The molecule has 5 rings (SSSR count). The summed E-state index contributed by atoms with van der Waals surface area (Å²) in [7, 11) is 2.20. The zero-order valence-corrected chi connectivity index (χ0v) is 15.2. The second-order valence-electron chi connectivity index (χ2n) is 7.21. The molecule has 0 aliphatic carbocycles. The number of hydrogen-bond acceptors (Lipinski definition) is 1. The van der Waals surface area contributed by atoms with Crippen LogP contribution >= 0.6 is 0 Å². The van der Waals surface area contributed by atoms with Crippen molar-refractivity contribution in [3.05, 3.63) is 101 Å². The van der Waals surface area contributed by atoms with Crippen molar-refractivity contribution in [2.24, 2.45) is 7.05 Å². The molecule has 1 atom stereocenters. The van der Waals surface area contributed by atoms with Gasteiger partial charge in [-0.3, -0.25) is 0 Å². The third kappa shape index (κ3) is 2.19. The van der Waals surface area contributed by atoms with Crippen LogP contribution in [0.5, 0.6) is 0 Å². The molecular weight excluding hydrogens is 316 g/mol.